The Labute approximate surface area is 361 Å². The largest absolute Gasteiger partial charge is 0.457 e. The molecule has 0 amide bonds. The molecular formula is C58H39N3O. The van der Waals surface area contributed by atoms with Crippen LogP contribution < -0.4 is 4.74 Å². The average Bonchev–Trinajstić information content (AvgIpc) is 3.65. The highest BCUT2D eigenvalue weighted by Gasteiger charge is 2.52. The van der Waals surface area contributed by atoms with Crippen LogP contribution in [0.1, 0.15) is 35.1 Å². The minimum Gasteiger partial charge on any atom is -0.457 e. The third-order valence-electron chi connectivity index (χ3n) is 12.7. The van der Waals surface area contributed by atoms with Gasteiger partial charge < -0.3 is 4.74 Å². The summed E-state index contributed by atoms with van der Waals surface area (Å²) < 4.78 is 6.87. The molecule has 1 spiro atoms. The van der Waals surface area contributed by atoms with E-state index in [4.69, 9.17) is 19.7 Å². The number of allylic oxidation sites excluding steroid dienone is 4. The van der Waals surface area contributed by atoms with Gasteiger partial charge in [0.15, 0.2) is 17.5 Å². The first-order valence-electron chi connectivity index (χ1n) is 21.3. The first kappa shape index (κ1) is 35.9. The lowest BCUT2D eigenvalue weighted by atomic mass is 9.64. The summed E-state index contributed by atoms with van der Waals surface area (Å²) in [6, 6.07) is 70.6. The lowest BCUT2D eigenvalue weighted by Crippen LogP contribution is -2.33. The maximum absolute atomic E-state index is 6.87. The standard InChI is InChI=1S/C58H39N3O/c1-3-16-38(17-4-1)40-20-13-23-44(34-40)55-59-56(45-24-14-21-41(35-45)39-18-5-2-6-19-39)61-57(60-55)46-25-15-22-42(36-46)43-32-33-52-54(37-43)62-53-31-12-11-30-51(53)58(52)49-28-9-7-26-47(49)48-27-8-10-29-50(48)58/h1-9,11-28,30-37H,10,29H2. The van der Waals surface area contributed by atoms with Crippen molar-refractivity contribution in [2.45, 2.75) is 18.3 Å². The van der Waals surface area contributed by atoms with Crippen LogP contribution in [-0.2, 0) is 5.41 Å². The van der Waals surface area contributed by atoms with Crippen LogP contribution in [0.3, 0.4) is 0 Å². The number of fused-ring (bicyclic) bond motifs is 8. The molecule has 0 saturated heterocycles. The van der Waals surface area contributed by atoms with Gasteiger partial charge in [0.1, 0.15) is 11.5 Å². The summed E-state index contributed by atoms with van der Waals surface area (Å²) >= 11 is 0. The van der Waals surface area contributed by atoms with E-state index in [9.17, 15) is 0 Å². The van der Waals surface area contributed by atoms with E-state index in [0.717, 1.165) is 74.4 Å². The van der Waals surface area contributed by atoms with Crippen LogP contribution in [0.4, 0.5) is 0 Å². The Bertz CT molecular complexity index is 3180. The topological polar surface area (TPSA) is 47.9 Å². The van der Waals surface area contributed by atoms with E-state index in [2.05, 4.69) is 200 Å². The molecule has 4 heteroatoms. The molecule has 2 heterocycles. The second-order valence-electron chi connectivity index (χ2n) is 16.2. The van der Waals surface area contributed by atoms with Crippen molar-refractivity contribution in [2.75, 3.05) is 0 Å². The fourth-order valence-corrected chi connectivity index (χ4v) is 9.89. The summed E-state index contributed by atoms with van der Waals surface area (Å²) in [5.74, 6) is 3.63. The molecule has 0 radical (unpaired) electrons. The molecule has 8 aromatic carbocycles. The zero-order chi connectivity index (χ0) is 41.0. The van der Waals surface area contributed by atoms with Crippen molar-refractivity contribution >= 4 is 5.57 Å². The maximum Gasteiger partial charge on any atom is 0.164 e. The molecule has 0 fully saturated rings. The molecule has 3 aliphatic rings. The summed E-state index contributed by atoms with van der Waals surface area (Å²) in [7, 11) is 0. The summed E-state index contributed by atoms with van der Waals surface area (Å²) in [5.41, 5.74) is 16.8. The van der Waals surface area contributed by atoms with Gasteiger partial charge in [0, 0.05) is 27.8 Å². The predicted octanol–water partition coefficient (Wildman–Crippen LogP) is 14.4. The van der Waals surface area contributed by atoms with Gasteiger partial charge in [-0.3, -0.25) is 0 Å². The lowest BCUT2D eigenvalue weighted by molar-refractivity contribution is 0.432. The summed E-state index contributed by atoms with van der Waals surface area (Å²) in [5, 5.41) is 0. The fraction of sp³-hybridized carbons (Fsp3) is 0.0517. The van der Waals surface area contributed by atoms with Crippen LogP contribution in [0.2, 0.25) is 0 Å². The molecule has 0 saturated carbocycles. The van der Waals surface area contributed by atoms with Crippen molar-refractivity contribution in [3.8, 4) is 79.0 Å². The van der Waals surface area contributed by atoms with Gasteiger partial charge in [0.05, 0.1) is 5.41 Å². The molecule has 9 aromatic rings. The molecule has 292 valence electrons. The van der Waals surface area contributed by atoms with Gasteiger partial charge in [0.2, 0.25) is 0 Å². The molecule has 2 aliphatic carbocycles. The van der Waals surface area contributed by atoms with Crippen LogP contribution in [0.25, 0.3) is 73.1 Å². The maximum atomic E-state index is 6.87. The first-order chi connectivity index (χ1) is 30.7. The minimum absolute atomic E-state index is 0.422. The molecule has 0 N–H and O–H groups in total. The van der Waals surface area contributed by atoms with Crippen LogP contribution in [0.5, 0.6) is 11.5 Å². The predicted molar refractivity (Wildman–Crippen MR) is 251 cm³/mol. The normalized spacial score (nSPS) is 15.7. The zero-order valence-corrected chi connectivity index (χ0v) is 33.9. The van der Waals surface area contributed by atoms with E-state index in [1.807, 2.05) is 12.1 Å². The number of benzene rings is 8. The first-order valence-corrected chi connectivity index (χ1v) is 21.3. The van der Waals surface area contributed by atoms with Crippen molar-refractivity contribution in [1.29, 1.82) is 0 Å². The third kappa shape index (κ3) is 5.87. The Kier molecular flexibility index (Phi) is 8.49. The molecule has 62 heavy (non-hydrogen) atoms. The quantitative estimate of drug-likeness (QED) is 0.168. The van der Waals surface area contributed by atoms with Crippen molar-refractivity contribution in [1.82, 2.24) is 15.0 Å². The van der Waals surface area contributed by atoms with Gasteiger partial charge in [-0.15, -0.1) is 0 Å². The van der Waals surface area contributed by atoms with Crippen LogP contribution in [-0.4, -0.2) is 15.0 Å². The Hall–Kier alpha value is -7.95. The van der Waals surface area contributed by atoms with E-state index < -0.39 is 5.41 Å². The van der Waals surface area contributed by atoms with E-state index in [1.165, 1.54) is 33.4 Å². The molecule has 1 unspecified atom stereocenters. The van der Waals surface area contributed by atoms with E-state index in [-0.39, 0.29) is 0 Å². The molecular weight excluding hydrogens is 755 g/mol. The monoisotopic (exact) mass is 793 g/mol. The third-order valence-corrected chi connectivity index (χ3v) is 12.7. The van der Waals surface area contributed by atoms with Gasteiger partial charge in [-0.1, -0.05) is 182 Å². The smallest absolute Gasteiger partial charge is 0.164 e. The second kappa shape index (κ2) is 14.6. The summed E-state index contributed by atoms with van der Waals surface area (Å²) in [4.78, 5) is 15.5. The van der Waals surface area contributed by atoms with Gasteiger partial charge in [-0.2, -0.15) is 0 Å². The second-order valence-corrected chi connectivity index (χ2v) is 16.2. The summed E-state index contributed by atoms with van der Waals surface area (Å²) in [6.45, 7) is 0. The highest BCUT2D eigenvalue weighted by atomic mass is 16.5. The van der Waals surface area contributed by atoms with E-state index in [1.54, 1.807) is 0 Å². The molecule has 0 bridgehead atoms. The van der Waals surface area contributed by atoms with Crippen LogP contribution in [0, 0.1) is 0 Å². The zero-order valence-electron chi connectivity index (χ0n) is 33.9. The summed E-state index contributed by atoms with van der Waals surface area (Å²) in [6.07, 6.45) is 6.68. The lowest BCUT2D eigenvalue weighted by Gasteiger charge is -2.41. The van der Waals surface area contributed by atoms with Gasteiger partial charge in [0.25, 0.3) is 0 Å². The van der Waals surface area contributed by atoms with Crippen molar-refractivity contribution in [3.05, 3.63) is 240 Å². The molecule has 1 aliphatic heterocycles. The van der Waals surface area contributed by atoms with Crippen LogP contribution in [0.15, 0.2) is 218 Å². The van der Waals surface area contributed by atoms with Gasteiger partial charge in [-0.25, -0.2) is 15.0 Å². The minimum atomic E-state index is -0.422. The number of hydrogen-bond donors (Lipinski definition) is 0. The highest BCUT2D eigenvalue weighted by Crippen LogP contribution is 2.63. The molecule has 4 nitrogen and oxygen atoms in total. The Morgan fingerprint density at radius 2 is 0.839 bits per heavy atom. The van der Waals surface area contributed by atoms with Crippen molar-refractivity contribution < 1.29 is 4.74 Å². The Balaban J connectivity index is 0.987. The molecule has 1 atom stereocenters. The number of nitrogens with zero attached hydrogens (tertiary/aromatic N) is 3. The molecule has 12 rings (SSSR count). The van der Waals surface area contributed by atoms with Crippen LogP contribution >= 0.6 is 0 Å². The number of para-hydroxylation sites is 1. The van der Waals surface area contributed by atoms with E-state index in [0.29, 0.717) is 17.5 Å². The van der Waals surface area contributed by atoms with Crippen molar-refractivity contribution in [2.24, 2.45) is 0 Å². The van der Waals surface area contributed by atoms with E-state index >= 15 is 0 Å². The van der Waals surface area contributed by atoms with Gasteiger partial charge >= 0.3 is 0 Å². The van der Waals surface area contributed by atoms with Gasteiger partial charge in [-0.05, 0) is 98.8 Å². The SMILES string of the molecule is C1=CC2=C(CC1)C1(c3ccccc3Oc3cc(-c4cccc(-c5nc(-c6cccc(-c7ccccc7)c6)nc(-c6cccc(-c7ccccc7)c6)n5)c4)ccc31)c1ccccc12. The average molecular weight is 794 g/mol. The number of ether oxygens (including phenoxy) is 1. The fourth-order valence-electron chi connectivity index (χ4n) is 9.89. The number of rotatable bonds is 6. The number of aromatic nitrogens is 3. The molecule has 1 aromatic heterocycles. The Morgan fingerprint density at radius 1 is 0.371 bits per heavy atom. The Morgan fingerprint density at radius 3 is 1.45 bits per heavy atom. The van der Waals surface area contributed by atoms with Crippen molar-refractivity contribution in [3.63, 3.8) is 0 Å². The number of hydrogen-bond acceptors (Lipinski definition) is 4. The highest BCUT2D eigenvalue weighted by molar-refractivity contribution is 5.92.